The molecule has 2 aliphatic carbocycles. The molecule has 0 spiro atoms. The Morgan fingerprint density at radius 3 is 2.60 bits per heavy atom. The van der Waals surface area contributed by atoms with Crippen molar-refractivity contribution in [2.75, 3.05) is 7.05 Å². The molecule has 0 heterocycles. The van der Waals surface area contributed by atoms with Crippen LogP contribution in [0.4, 0.5) is 0 Å². The van der Waals surface area contributed by atoms with Crippen molar-refractivity contribution in [1.82, 2.24) is 4.90 Å². The molecule has 2 N–H and O–H groups in total. The lowest BCUT2D eigenvalue weighted by Crippen LogP contribution is -2.50. The molecule has 2 nitrogen and oxygen atoms in total. The molecule has 4 unspecified atom stereocenters. The fourth-order valence-corrected chi connectivity index (χ4v) is 4.38. The fourth-order valence-electron chi connectivity index (χ4n) is 4.38. The minimum Gasteiger partial charge on any atom is -0.323 e. The van der Waals surface area contributed by atoms with E-state index in [1.165, 1.54) is 49.7 Å². The highest BCUT2D eigenvalue weighted by molar-refractivity contribution is 5.33. The Balaban J connectivity index is 1.78. The van der Waals surface area contributed by atoms with Crippen molar-refractivity contribution in [3.8, 4) is 0 Å². The van der Waals surface area contributed by atoms with Gasteiger partial charge < -0.3 is 5.73 Å². The van der Waals surface area contributed by atoms with Gasteiger partial charge in [-0.2, -0.15) is 0 Å². The minimum absolute atomic E-state index is 0.180. The van der Waals surface area contributed by atoms with Crippen LogP contribution in [0.1, 0.15) is 56.2 Å². The quantitative estimate of drug-likeness (QED) is 0.892. The Hall–Kier alpha value is -0.860. The molecule has 2 heteroatoms. The highest BCUT2D eigenvalue weighted by atomic mass is 15.2. The van der Waals surface area contributed by atoms with E-state index in [1.807, 2.05) is 0 Å². The first-order chi connectivity index (χ1) is 9.68. The number of hydrogen-bond acceptors (Lipinski definition) is 2. The maximum Gasteiger partial charge on any atom is 0.0455 e. The van der Waals surface area contributed by atoms with Crippen LogP contribution in [0, 0.1) is 5.92 Å². The van der Waals surface area contributed by atoms with E-state index in [-0.39, 0.29) is 6.04 Å². The van der Waals surface area contributed by atoms with Gasteiger partial charge in [-0.15, -0.1) is 0 Å². The molecule has 4 atom stereocenters. The molecular weight excluding hydrogens is 244 g/mol. The molecule has 0 aromatic heterocycles. The Bertz CT molecular complexity index is 456. The average Bonchev–Trinajstić information content (AvgIpc) is 2.48. The zero-order valence-corrected chi connectivity index (χ0v) is 12.9. The number of likely N-dealkylation sites (N-methyl/N-ethyl adjacent to an activating group) is 1. The number of nitrogens with zero attached hydrogens (tertiary/aromatic N) is 1. The summed E-state index contributed by atoms with van der Waals surface area (Å²) in [5, 5.41) is 0. The largest absolute Gasteiger partial charge is 0.323 e. The predicted octanol–water partition coefficient (Wildman–Crippen LogP) is 3.51. The van der Waals surface area contributed by atoms with Crippen LogP contribution in [0.25, 0.3) is 0 Å². The second-order valence-electron chi connectivity index (χ2n) is 6.83. The number of hydrogen-bond donors (Lipinski definition) is 1. The molecule has 3 rings (SSSR count). The maximum absolute atomic E-state index is 6.60. The van der Waals surface area contributed by atoms with Gasteiger partial charge in [0.25, 0.3) is 0 Å². The van der Waals surface area contributed by atoms with E-state index >= 15 is 0 Å². The summed E-state index contributed by atoms with van der Waals surface area (Å²) >= 11 is 0. The maximum atomic E-state index is 6.60. The monoisotopic (exact) mass is 272 g/mol. The standard InChI is InChI=1S/C18H28N2/c1-13-7-3-6-10-16(13)20(2)17-12-11-14-8-4-5-9-15(14)18(17)19/h4-5,8-9,13,16-18H,3,6-7,10-12,19H2,1-2H3. The summed E-state index contributed by atoms with van der Waals surface area (Å²) < 4.78 is 0. The molecule has 0 saturated heterocycles. The zero-order chi connectivity index (χ0) is 14.1. The van der Waals surface area contributed by atoms with Crippen LogP contribution in [-0.4, -0.2) is 24.0 Å². The third-order valence-corrected chi connectivity index (χ3v) is 5.65. The van der Waals surface area contributed by atoms with E-state index < -0.39 is 0 Å². The van der Waals surface area contributed by atoms with Gasteiger partial charge in [-0.3, -0.25) is 4.90 Å². The lowest BCUT2D eigenvalue weighted by atomic mass is 9.80. The van der Waals surface area contributed by atoms with E-state index in [4.69, 9.17) is 5.73 Å². The van der Waals surface area contributed by atoms with Crippen molar-refractivity contribution < 1.29 is 0 Å². The van der Waals surface area contributed by atoms with Crippen LogP contribution in [0.5, 0.6) is 0 Å². The molecule has 1 fully saturated rings. The Labute approximate surface area is 123 Å². The van der Waals surface area contributed by atoms with Crippen LogP contribution >= 0.6 is 0 Å². The number of aryl methyl sites for hydroxylation is 1. The second-order valence-corrected chi connectivity index (χ2v) is 6.83. The number of rotatable bonds is 2. The molecule has 110 valence electrons. The molecule has 2 aliphatic rings. The summed E-state index contributed by atoms with van der Waals surface area (Å²) in [7, 11) is 2.31. The Morgan fingerprint density at radius 1 is 1.05 bits per heavy atom. The van der Waals surface area contributed by atoms with Crippen molar-refractivity contribution >= 4 is 0 Å². The second kappa shape index (κ2) is 5.87. The number of benzene rings is 1. The summed E-state index contributed by atoms with van der Waals surface area (Å²) in [5.74, 6) is 0.818. The van der Waals surface area contributed by atoms with Crippen molar-refractivity contribution in [3.63, 3.8) is 0 Å². The van der Waals surface area contributed by atoms with Gasteiger partial charge in [-0.05, 0) is 49.8 Å². The smallest absolute Gasteiger partial charge is 0.0455 e. The molecule has 0 aliphatic heterocycles. The number of nitrogens with two attached hydrogens (primary N) is 1. The molecule has 0 radical (unpaired) electrons. The first kappa shape index (κ1) is 14.1. The first-order valence-electron chi connectivity index (χ1n) is 8.24. The SMILES string of the molecule is CC1CCCCC1N(C)C1CCc2ccccc2C1N. The third-order valence-electron chi connectivity index (χ3n) is 5.65. The normalized spacial score (nSPS) is 34.0. The van der Waals surface area contributed by atoms with Gasteiger partial charge in [0.15, 0.2) is 0 Å². The molecule has 0 amide bonds. The zero-order valence-electron chi connectivity index (χ0n) is 12.9. The number of fused-ring (bicyclic) bond motifs is 1. The molecule has 1 saturated carbocycles. The van der Waals surface area contributed by atoms with Crippen LogP contribution in [0.3, 0.4) is 0 Å². The molecular formula is C18H28N2. The van der Waals surface area contributed by atoms with Crippen molar-refractivity contribution in [2.45, 2.75) is 63.6 Å². The predicted molar refractivity (Wildman–Crippen MR) is 84.7 cm³/mol. The summed E-state index contributed by atoms with van der Waals surface area (Å²) in [4.78, 5) is 2.62. The van der Waals surface area contributed by atoms with Crippen LogP contribution in [-0.2, 0) is 6.42 Å². The minimum atomic E-state index is 0.180. The Kier molecular flexibility index (Phi) is 4.13. The topological polar surface area (TPSA) is 29.3 Å². The summed E-state index contributed by atoms with van der Waals surface area (Å²) in [5.41, 5.74) is 9.44. The van der Waals surface area contributed by atoms with Gasteiger partial charge >= 0.3 is 0 Å². The van der Waals surface area contributed by atoms with E-state index in [0.717, 1.165) is 12.0 Å². The highest BCUT2D eigenvalue weighted by Crippen LogP contribution is 2.35. The summed E-state index contributed by atoms with van der Waals surface area (Å²) in [6, 6.07) is 10.2. The van der Waals surface area contributed by atoms with Gasteiger partial charge in [-0.25, -0.2) is 0 Å². The van der Waals surface area contributed by atoms with Gasteiger partial charge in [0.05, 0.1) is 0 Å². The van der Waals surface area contributed by atoms with Crippen molar-refractivity contribution in [1.29, 1.82) is 0 Å². The van der Waals surface area contributed by atoms with Gasteiger partial charge in [0, 0.05) is 18.1 Å². The van der Waals surface area contributed by atoms with Crippen molar-refractivity contribution in [3.05, 3.63) is 35.4 Å². The Morgan fingerprint density at radius 2 is 1.80 bits per heavy atom. The lowest BCUT2D eigenvalue weighted by molar-refractivity contribution is 0.0756. The third kappa shape index (κ3) is 2.51. The molecule has 1 aromatic rings. The first-order valence-corrected chi connectivity index (χ1v) is 8.24. The molecule has 1 aromatic carbocycles. The van der Waals surface area contributed by atoms with Crippen LogP contribution in [0.15, 0.2) is 24.3 Å². The average molecular weight is 272 g/mol. The van der Waals surface area contributed by atoms with E-state index in [0.29, 0.717) is 6.04 Å². The summed E-state index contributed by atoms with van der Waals surface area (Å²) in [6.07, 6.45) is 7.91. The lowest BCUT2D eigenvalue weighted by Gasteiger charge is -2.45. The van der Waals surface area contributed by atoms with Crippen LogP contribution in [0.2, 0.25) is 0 Å². The highest BCUT2D eigenvalue weighted by Gasteiger charge is 2.35. The van der Waals surface area contributed by atoms with E-state index in [9.17, 15) is 0 Å². The van der Waals surface area contributed by atoms with Gasteiger partial charge in [-0.1, -0.05) is 44.0 Å². The van der Waals surface area contributed by atoms with Gasteiger partial charge in [0.2, 0.25) is 0 Å². The molecule has 20 heavy (non-hydrogen) atoms. The van der Waals surface area contributed by atoms with Crippen molar-refractivity contribution in [2.24, 2.45) is 11.7 Å². The fraction of sp³-hybridized carbons (Fsp3) is 0.667. The van der Waals surface area contributed by atoms with Crippen LogP contribution < -0.4 is 5.73 Å². The van der Waals surface area contributed by atoms with Gasteiger partial charge in [0.1, 0.15) is 0 Å². The van der Waals surface area contributed by atoms with E-state index in [2.05, 4.69) is 43.1 Å². The summed E-state index contributed by atoms with van der Waals surface area (Å²) in [6.45, 7) is 2.42. The van der Waals surface area contributed by atoms with E-state index in [1.54, 1.807) is 0 Å². The molecule has 0 bridgehead atoms.